The highest BCUT2D eigenvalue weighted by Crippen LogP contribution is 2.28. The molecule has 9 heteroatoms. The normalized spacial score (nSPS) is 13.5. The Hall–Kier alpha value is -2.03. The molecule has 0 aliphatic heterocycles. The molecule has 0 fully saturated rings. The van der Waals surface area contributed by atoms with E-state index in [1.54, 1.807) is 13.2 Å². The molecule has 0 saturated heterocycles. The van der Waals surface area contributed by atoms with Crippen LogP contribution in [0.25, 0.3) is 0 Å². The maximum atomic E-state index is 13.4. The van der Waals surface area contributed by atoms with E-state index >= 15 is 0 Å². The van der Waals surface area contributed by atoms with E-state index in [1.165, 1.54) is 0 Å². The summed E-state index contributed by atoms with van der Waals surface area (Å²) in [5, 5.41) is 22.3. The molecule has 1 aromatic carbocycles. The fraction of sp³-hybridized carbons (Fsp3) is 0.417. The number of nitrogens with one attached hydrogen (secondary N) is 1. The molecule has 0 heterocycles. The van der Waals surface area contributed by atoms with Gasteiger partial charge in [-0.1, -0.05) is 6.92 Å². The number of carboxylic acid groups (broad SMARTS) is 1. The maximum Gasteiger partial charge on any atom is 0.338 e. The fourth-order valence-electron chi connectivity index (χ4n) is 1.60. The first kappa shape index (κ1) is 17.0. The van der Waals surface area contributed by atoms with Crippen molar-refractivity contribution in [1.82, 2.24) is 0 Å². The van der Waals surface area contributed by atoms with Crippen molar-refractivity contribution in [3.8, 4) is 0 Å². The lowest BCUT2D eigenvalue weighted by Crippen LogP contribution is -2.16. The van der Waals surface area contributed by atoms with Gasteiger partial charge in [-0.15, -0.1) is 0 Å². The van der Waals surface area contributed by atoms with Gasteiger partial charge in [-0.05, 0) is 12.5 Å². The Kier molecular flexibility index (Phi) is 5.77. The number of anilines is 1. The average Bonchev–Trinajstić information content (AvgIpc) is 2.38. The molecule has 2 unspecified atom stereocenters. The Balaban J connectivity index is 2.98. The summed E-state index contributed by atoms with van der Waals surface area (Å²) >= 11 is 0. The van der Waals surface area contributed by atoms with Crippen LogP contribution in [0.5, 0.6) is 0 Å². The van der Waals surface area contributed by atoms with E-state index < -0.39 is 38.8 Å². The predicted octanol–water partition coefficient (Wildman–Crippen LogP) is 2.00. The number of carbonyl (C=O) groups is 1. The number of halogens is 1. The molecule has 116 valence electrons. The highest BCUT2D eigenvalue weighted by Gasteiger charge is 2.21. The van der Waals surface area contributed by atoms with Gasteiger partial charge in [-0.2, -0.15) is 0 Å². The van der Waals surface area contributed by atoms with Crippen LogP contribution in [-0.4, -0.2) is 38.3 Å². The smallest absolute Gasteiger partial charge is 0.338 e. The lowest BCUT2D eigenvalue weighted by Gasteiger charge is -2.11. The summed E-state index contributed by atoms with van der Waals surface area (Å²) in [7, 11) is -1.03. The molecule has 0 aliphatic carbocycles. The molecular weight excluding hydrogens is 303 g/mol. The van der Waals surface area contributed by atoms with E-state index in [0.29, 0.717) is 12.5 Å². The molecule has 1 rings (SSSR count). The Morgan fingerprint density at radius 1 is 1.57 bits per heavy atom. The third-order valence-corrected chi connectivity index (χ3v) is 4.31. The summed E-state index contributed by atoms with van der Waals surface area (Å²) in [5.74, 6) is -2.67. The Morgan fingerprint density at radius 3 is 2.67 bits per heavy atom. The van der Waals surface area contributed by atoms with Crippen LogP contribution >= 0.6 is 0 Å². The highest BCUT2D eigenvalue weighted by molar-refractivity contribution is 7.84. The van der Waals surface area contributed by atoms with E-state index in [2.05, 4.69) is 5.32 Å². The zero-order valence-electron chi connectivity index (χ0n) is 11.5. The lowest BCUT2D eigenvalue weighted by molar-refractivity contribution is -0.384. The first-order valence-electron chi connectivity index (χ1n) is 6.01. The number of rotatable bonds is 7. The minimum absolute atomic E-state index is 0.0760. The minimum atomic E-state index is -1.51. The molecule has 7 nitrogen and oxygen atoms in total. The van der Waals surface area contributed by atoms with Crippen molar-refractivity contribution in [2.24, 2.45) is 0 Å². The molecular formula is C12H15FN2O5S. The van der Waals surface area contributed by atoms with E-state index in [0.717, 1.165) is 6.07 Å². The van der Waals surface area contributed by atoms with Gasteiger partial charge >= 0.3 is 5.97 Å². The second-order valence-electron chi connectivity index (χ2n) is 4.44. The quantitative estimate of drug-likeness (QED) is 0.588. The Bertz CT molecular complexity index is 593. The number of aromatic carboxylic acids is 1. The van der Waals surface area contributed by atoms with Crippen molar-refractivity contribution in [3.05, 3.63) is 33.6 Å². The molecule has 0 aliphatic rings. The number of nitro benzene ring substituents is 1. The molecule has 0 spiro atoms. The number of nitrogens with zero attached hydrogens (tertiary/aromatic N) is 1. The molecule has 0 bridgehead atoms. The predicted molar refractivity (Wildman–Crippen MR) is 76.6 cm³/mol. The van der Waals surface area contributed by atoms with Crippen LogP contribution in [0.2, 0.25) is 0 Å². The lowest BCUT2D eigenvalue weighted by atomic mass is 10.1. The van der Waals surface area contributed by atoms with Gasteiger partial charge in [0.05, 0.1) is 16.6 Å². The molecule has 0 aromatic heterocycles. The SMILES string of the molecule is CC(CCNc1cc(C(=O)O)c(F)cc1[N+](=O)[O-])S(C)=O. The van der Waals surface area contributed by atoms with Crippen LogP contribution < -0.4 is 5.32 Å². The van der Waals surface area contributed by atoms with Gasteiger partial charge in [-0.25, -0.2) is 9.18 Å². The molecule has 21 heavy (non-hydrogen) atoms. The zero-order valence-corrected chi connectivity index (χ0v) is 12.3. The minimum Gasteiger partial charge on any atom is -0.478 e. The van der Waals surface area contributed by atoms with Crippen molar-refractivity contribution < 1.29 is 23.4 Å². The van der Waals surface area contributed by atoms with Crippen molar-refractivity contribution in [1.29, 1.82) is 0 Å². The first-order chi connectivity index (χ1) is 9.73. The molecule has 0 radical (unpaired) electrons. The van der Waals surface area contributed by atoms with E-state index in [4.69, 9.17) is 5.11 Å². The summed E-state index contributed by atoms with van der Waals surface area (Å²) in [6.07, 6.45) is 2.02. The van der Waals surface area contributed by atoms with E-state index in [1.807, 2.05) is 0 Å². The molecule has 2 atom stereocenters. The number of carboxylic acids is 1. The largest absolute Gasteiger partial charge is 0.478 e. The van der Waals surface area contributed by atoms with Crippen LogP contribution in [0.3, 0.4) is 0 Å². The van der Waals surface area contributed by atoms with Gasteiger partial charge in [0.15, 0.2) is 0 Å². The third-order valence-electron chi connectivity index (χ3n) is 2.95. The van der Waals surface area contributed by atoms with Gasteiger partial charge in [-0.3, -0.25) is 14.3 Å². The van der Waals surface area contributed by atoms with Crippen LogP contribution in [0.15, 0.2) is 12.1 Å². The molecule has 2 N–H and O–H groups in total. The van der Waals surface area contributed by atoms with Crippen molar-refractivity contribution in [2.75, 3.05) is 18.1 Å². The van der Waals surface area contributed by atoms with Crippen molar-refractivity contribution in [3.63, 3.8) is 0 Å². The van der Waals surface area contributed by atoms with Gasteiger partial charge in [0.1, 0.15) is 11.5 Å². The van der Waals surface area contributed by atoms with Crippen LogP contribution in [-0.2, 0) is 10.8 Å². The van der Waals surface area contributed by atoms with E-state index in [-0.39, 0.29) is 17.5 Å². The standard InChI is InChI=1S/C12H15FN2O5S/c1-7(21(2)20)3-4-14-10-5-8(12(16)17)9(13)6-11(10)15(18)19/h5-7,14H,3-4H2,1-2H3,(H,16,17). The highest BCUT2D eigenvalue weighted by atomic mass is 32.2. The molecule has 0 amide bonds. The van der Waals surface area contributed by atoms with E-state index in [9.17, 15) is 23.5 Å². The fourth-order valence-corrected chi connectivity index (χ4v) is 2.05. The first-order valence-corrected chi connectivity index (χ1v) is 7.63. The average molecular weight is 318 g/mol. The summed E-state index contributed by atoms with van der Waals surface area (Å²) < 4.78 is 24.6. The van der Waals surface area contributed by atoms with Gasteiger partial charge in [0, 0.05) is 28.9 Å². The number of benzene rings is 1. The maximum absolute atomic E-state index is 13.4. The molecule has 0 saturated carbocycles. The van der Waals surface area contributed by atoms with Gasteiger partial charge in [0.25, 0.3) is 5.69 Å². The summed E-state index contributed by atoms with van der Waals surface area (Å²) in [5.41, 5.74) is -1.26. The number of hydrogen-bond donors (Lipinski definition) is 2. The second-order valence-corrected chi connectivity index (χ2v) is 6.24. The van der Waals surface area contributed by atoms with Crippen molar-refractivity contribution in [2.45, 2.75) is 18.6 Å². The van der Waals surface area contributed by atoms with Crippen LogP contribution in [0.4, 0.5) is 15.8 Å². The van der Waals surface area contributed by atoms with Crippen LogP contribution in [0.1, 0.15) is 23.7 Å². The summed E-state index contributed by atoms with van der Waals surface area (Å²) in [6, 6.07) is 1.47. The van der Waals surface area contributed by atoms with Gasteiger partial charge < -0.3 is 10.4 Å². The number of hydrogen-bond acceptors (Lipinski definition) is 5. The van der Waals surface area contributed by atoms with Gasteiger partial charge in [0.2, 0.25) is 0 Å². The second kappa shape index (κ2) is 7.11. The van der Waals surface area contributed by atoms with Crippen LogP contribution in [0, 0.1) is 15.9 Å². The van der Waals surface area contributed by atoms with Crippen molar-refractivity contribution >= 4 is 28.1 Å². The molecule has 1 aromatic rings. The Morgan fingerprint density at radius 2 is 2.19 bits per heavy atom. The third kappa shape index (κ3) is 4.48. The topological polar surface area (TPSA) is 110 Å². The monoisotopic (exact) mass is 318 g/mol. The zero-order chi connectivity index (χ0) is 16.2. The summed E-state index contributed by atoms with van der Waals surface area (Å²) in [6.45, 7) is 2.02. The number of nitro groups is 1. The summed E-state index contributed by atoms with van der Waals surface area (Å²) in [4.78, 5) is 20.9. The Labute approximate surface area is 122 Å².